The molecule has 0 aliphatic rings. The standard InChI is InChI=1S/C18H40NO.HI/c1-4-6-8-10-12-14-16-19(3,17-18-20)15-13-11-9-7-5-2;/h20H,4-18H2,1-3H3;1H/q+1;/p-1. The maximum atomic E-state index is 9.30. The predicted molar refractivity (Wildman–Crippen MR) is 90.0 cm³/mol. The van der Waals surface area contributed by atoms with E-state index in [1.165, 1.54) is 83.7 Å². The Morgan fingerprint density at radius 1 is 0.619 bits per heavy atom. The molecule has 21 heavy (non-hydrogen) atoms. The first-order chi connectivity index (χ1) is 9.68. The SMILES string of the molecule is CCCCCCCC[N+](C)(CCO)CCCCCCC.[I-]. The average molecular weight is 413 g/mol. The van der Waals surface area contributed by atoms with E-state index in [9.17, 15) is 5.11 Å². The van der Waals surface area contributed by atoms with Crippen molar-refractivity contribution < 1.29 is 33.6 Å². The fraction of sp³-hybridized carbons (Fsp3) is 1.00. The monoisotopic (exact) mass is 413 g/mol. The van der Waals surface area contributed by atoms with E-state index in [1.807, 2.05) is 0 Å². The van der Waals surface area contributed by atoms with Crippen LogP contribution in [0.3, 0.4) is 0 Å². The maximum absolute atomic E-state index is 9.30. The zero-order valence-corrected chi connectivity index (χ0v) is 17.0. The molecule has 0 aliphatic carbocycles. The summed E-state index contributed by atoms with van der Waals surface area (Å²) in [5.74, 6) is 0. The van der Waals surface area contributed by atoms with Crippen LogP contribution in [-0.2, 0) is 0 Å². The summed E-state index contributed by atoms with van der Waals surface area (Å²) in [5, 5.41) is 9.30. The number of hydrogen-bond donors (Lipinski definition) is 1. The molecule has 0 saturated heterocycles. The summed E-state index contributed by atoms with van der Waals surface area (Å²) >= 11 is 0. The number of unbranched alkanes of at least 4 members (excludes halogenated alkanes) is 9. The summed E-state index contributed by atoms with van der Waals surface area (Å²) in [7, 11) is 2.34. The summed E-state index contributed by atoms with van der Waals surface area (Å²) in [6.07, 6.45) is 15.0. The van der Waals surface area contributed by atoms with Gasteiger partial charge in [-0.25, -0.2) is 0 Å². The second-order valence-corrected chi connectivity index (χ2v) is 6.70. The van der Waals surface area contributed by atoms with Gasteiger partial charge in [0, 0.05) is 0 Å². The van der Waals surface area contributed by atoms with Crippen molar-refractivity contribution in [3.8, 4) is 0 Å². The molecule has 1 unspecified atom stereocenters. The molecule has 130 valence electrons. The minimum absolute atomic E-state index is 0. The van der Waals surface area contributed by atoms with Crippen LogP contribution in [-0.4, -0.2) is 42.9 Å². The largest absolute Gasteiger partial charge is 1.00 e. The molecule has 0 saturated carbocycles. The van der Waals surface area contributed by atoms with Crippen molar-refractivity contribution in [1.29, 1.82) is 0 Å². The summed E-state index contributed by atoms with van der Waals surface area (Å²) in [5.41, 5.74) is 0. The van der Waals surface area contributed by atoms with Crippen molar-refractivity contribution in [3.63, 3.8) is 0 Å². The number of hydrogen-bond acceptors (Lipinski definition) is 1. The molecule has 3 heteroatoms. The van der Waals surface area contributed by atoms with Gasteiger partial charge >= 0.3 is 0 Å². The molecule has 0 rings (SSSR count). The minimum Gasteiger partial charge on any atom is -1.00 e. The Kier molecular flexibility index (Phi) is 19.4. The summed E-state index contributed by atoms with van der Waals surface area (Å²) < 4.78 is 1.08. The van der Waals surface area contributed by atoms with Gasteiger partial charge in [0.05, 0.1) is 26.7 Å². The van der Waals surface area contributed by atoms with Crippen molar-refractivity contribution in [1.82, 2.24) is 0 Å². The molecular formula is C18H40INO. The Balaban J connectivity index is 0. The fourth-order valence-electron chi connectivity index (χ4n) is 2.95. The Hall–Kier alpha value is 0.650. The average Bonchev–Trinajstić information content (AvgIpc) is 2.43. The Morgan fingerprint density at radius 2 is 1.00 bits per heavy atom. The predicted octanol–water partition coefficient (Wildman–Crippen LogP) is 1.76. The number of nitrogens with zero attached hydrogens (tertiary/aromatic N) is 1. The first-order valence-electron chi connectivity index (χ1n) is 9.13. The minimum atomic E-state index is 0. The zero-order valence-electron chi connectivity index (χ0n) is 14.9. The highest BCUT2D eigenvalue weighted by Crippen LogP contribution is 2.12. The molecule has 0 aliphatic heterocycles. The lowest BCUT2D eigenvalue weighted by Gasteiger charge is -2.34. The molecule has 0 amide bonds. The Bertz CT molecular complexity index is 202. The van der Waals surface area contributed by atoms with Gasteiger partial charge in [0.1, 0.15) is 6.54 Å². The molecule has 1 N–H and O–H groups in total. The van der Waals surface area contributed by atoms with E-state index in [4.69, 9.17) is 0 Å². The van der Waals surface area contributed by atoms with Crippen LogP contribution in [0.15, 0.2) is 0 Å². The zero-order chi connectivity index (χ0) is 15.1. The van der Waals surface area contributed by atoms with Crippen molar-refractivity contribution in [3.05, 3.63) is 0 Å². The van der Waals surface area contributed by atoms with Crippen molar-refractivity contribution >= 4 is 0 Å². The molecule has 1 atom stereocenters. The van der Waals surface area contributed by atoms with E-state index >= 15 is 0 Å². The van der Waals surface area contributed by atoms with Crippen LogP contribution in [0.25, 0.3) is 0 Å². The first kappa shape index (κ1) is 23.9. The molecule has 0 heterocycles. The van der Waals surface area contributed by atoms with Gasteiger partial charge in [0.25, 0.3) is 0 Å². The molecule has 2 nitrogen and oxygen atoms in total. The highest BCUT2D eigenvalue weighted by atomic mass is 127. The highest BCUT2D eigenvalue weighted by molar-refractivity contribution is 4.48. The van der Waals surface area contributed by atoms with Crippen molar-refractivity contribution in [2.45, 2.75) is 84.5 Å². The Morgan fingerprint density at radius 3 is 1.38 bits per heavy atom. The lowest BCUT2D eigenvalue weighted by molar-refractivity contribution is -0.910. The van der Waals surface area contributed by atoms with Crippen LogP contribution in [0.5, 0.6) is 0 Å². The molecule has 0 bridgehead atoms. The molecular weight excluding hydrogens is 373 g/mol. The van der Waals surface area contributed by atoms with E-state index < -0.39 is 0 Å². The number of aliphatic hydroxyl groups is 1. The van der Waals surface area contributed by atoms with Gasteiger partial charge in [0.2, 0.25) is 0 Å². The third-order valence-electron chi connectivity index (χ3n) is 4.49. The lowest BCUT2D eigenvalue weighted by atomic mass is 10.1. The molecule has 0 fully saturated rings. The normalized spacial score (nSPS) is 13.7. The fourth-order valence-corrected chi connectivity index (χ4v) is 2.95. The van der Waals surface area contributed by atoms with Gasteiger partial charge in [0.15, 0.2) is 0 Å². The molecule has 0 aromatic carbocycles. The van der Waals surface area contributed by atoms with Crippen LogP contribution < -0.4 is 24.0 Å². The van der Waals surface area contributed by atoms with E-state index in [0.29, 0.717) is 6.61 Å². The smallest absolute Gasteiger partial charge is 0.102 e. The number of rotatable bonds is 15. The molecule has 0 spiro atoms. The number of aliphatic hydroxyl groups excluding tert-OH is 1. The van der Waals surface area contributed by atoms with Gasteiger partial charge in [-0.3, -0.25) is 0 Å². The summed E-state index contributed by atoms with van der Waals surface area (Å²) in [4.78, 5) is 0. The van der Waals surface area contributed by atoms with E-state index in [-0.39, 0.29) is 24.0 Å². The topological polar surface area (TPSA) is 20.2 Å². The summed E-state index contributed by atoms with van der Waals surface area (Å²) in [6, 6.07) is 0. The van der Waals surface area contributed by atoms with Gasteiger partial charge < -0.3 is 33.6 Å². The number of halogens is 1. The summed E-state index contributed by atoms with van der Waals surface area (Å²) in [6.45, 7) is 8.31. The molecule has 0 aromatic heterocycles. The van der Waals surface area contributed by atoms with Gasteiger partial charge in [-0.2, -0.15) is 0 Å². The van der Waals surface area contributed by atoms with Crippen molar-refractivity contribution in [2.75, 3.05) is 33.3 Å². The van der Waals surface area contributed by atoms with Crippen LogP contribution in [0.1, 0.15) is 84.5 Å². The quantitative estimate of drug-likeness (QED) is 0.247. The second kappa shape index (κ2) is 17.0. The third-order valence-corrected chi connectivity index (χ3v) is 4.49. The van der Waals surface area contributed by atoms with E-state index in [1.54, 1.807) is 0 Å². The van der Waals surface area contributed by atoms with Crippen LogP contribution >= 0.6 is 0 Å². The number of likely N-dealkylation sites (N-methyl/N-ethyl adjacent to an activating group) is 1. The number of quaternary nitrogens is 1. The Labute approximate surface area is 151 Å². The van der Waals surface area contributed by atoms with Gasteiger partial charge in [-0.15, -0.1) is 0 Å². The van der Waals surface area contributed by atoms with E-state index in [2.05, 4.69) is 20.9 Å². The third kappa shape index (κ3) is 15.3. The van der Waals surface area contributed by atoms with E-state index in [0.717, 1.165) is 11.0 Å². The van der Waals surface area contributed by atoms with Crippen molar-refractivity contribution in [2.24, 2.45) is 0 Å². The van der Waals surface area contributed by atoms with Gasteiger partial charge in [-0.1, -0.05) is 58.8 Å². The lowest BCUT2D eigenvalue weighted by Crippen LogP contribution is -3.00. The second-order valence-electron chi connectivity index (χ2n) is 6.70. The first-order valence-corrected chi connectivity index (χ1v) is 9.13. The van der Waals surface area contributed by atoms with Crippen LogP contribution in [0.2, 0.25) is 0 Å². The molecule has 0 aromatic rings. The highest BCUT2D eigenvalue weighted by Gasteiger charge is 2.19. The maximum Gasteiger partial charge on any atom is 0.102 e. The van der Waals surface area contributed by atoms with Crippen LogP contribution in [0.4, 0.5) is 0 Å². The van der Waals surface area contributed by atoms with Gasteiger partial charge in [-0.05, 0) is 25.7 Å². The molecule has 0 radical (unpaired) electrons. The van der Waals surface area contributed by atoms with Crippen LogP contribution in [0, 0.1) is 0 Å².